The van der Waals surface area contributed by atoms with Gasteiger partial charge in [0.1, 0.15) is 0 Å². The first-order valence-electron chi connectivity index (χ1n) is 4.38. The van der Waals surface area contributed by atoms with Crippen molar-refractivity contribution in [1.29, 1.82) is 0 Å². The predicted molar refractivity (Wildman–Crippen MR) is 58.1 cm³/mol. The minimum absolute atomic E-state index is 0.890. The van der Waals surface area contributed by atoms with Gasteiger partial charge in [-0.3, -0.25) is 0 Å². The first-order chi connectivity index (χ1) is 6.25. The lowest BCUT2D eigenvalue weighted by atomic mass is 10.1. The van der Waals surface area contributed by atoms with Gasteiger partial charge in [0.15, 0.2) is 0 Å². The van der Waals surface area contributed by atoms with E-state index in [-0.39, 0.29) is 0 Å². The van der Waals surface area contributed by atoms with E-state index in [1.54, 1.807) is 6.08 Å². The summed E-state index contributed by atoms with van der Waals surface area (Å²) in [4.78, 5) is 0. The van der Waals surface area contributed by atoms with Crippen molar-refractivity contribution in [3.8, 4) is 0 Å². The Balaban J connectivity index is 2.73. The van der Waals surface area contributed by atoms with Crippen molar-refractivity contribution >= 4 is 0 Å². The highest BCUT2D eigenvalue weighted by atomic mass is 14.6. The highest BCUT2D eigenvalue weighted by Crippen LogP contribution is 2.21. The number of allylic oxidation sites excluding steroid dienone is 7. The fraction of sp³-hybridized carbons (Fsp3) is 0.167. The average molecular weight is 173 g/mol. The van der Waals surface area contributed by atoms with Crippen molar-refractivity contribution in [2.45, 2.75) is 13.3 Å². The topological polar surface area (TPSA) is 26.0 Å². The van der Waals surface area contributed by atoms with Crippen molar-refractivity contribution < 1.29 is 0 Å². The zero-order valence-corrected chi connectivity index (χ0v) is 7.96. The molecule has 13 heavy (non-hydrogen) atoms. The van der Waals surface area contributed by atoms with Crippen molar-refractivity contribution in [1.82, 2.24) is 0 Å². The first-order valence-corrected chi connectivity index (χ1v) is 4.38. The van der Waals surface area contributed by atoms with Gasteiger partial charge in [-0.25, -0.2) is 0 Å². The second-order valence-electron chi connectivity index (χ2n) is 2.98. The Bertz CT molecular complexity index is 314. The maximum Gasteiger partial charge on any atom is 0.0349 e. The molecule has 0 spiro atoms. The summed E-state index contributed by atoms with van der Waals surface area (Å²) in [6.45, 7) is 5.66. The third kappa shape index (κ3) is 2.48. The summed E-state index contributed by atoms with van der Waals surface area (Å²) in [5.41, 5.74) is 9.04. The Labute approximate surface area is 79.6 Å². The number of hydrogen-bond donors (Lipinski definition) is 1. The van der Waals surface area contributed by atoms with E-state index in [9.17, 15) is 0 Å². The van der Waals surface area contributed by atoms with Crippen LogP contribution in [0.1, 0.15) is 13.3 Å². The van der Waals surface area contributed by atoms with Crippen LogP contribution < -0.4 is 5.73 Å². The van der Waals surface area contributed by atoms with Gasteiger partial charge in [0.25, 0.3) is 0 Å². The van der Waals surface area contributed by atoms with E-state index in [1.807, 2.05) is 24.3 Å². The van der Waals surface area contributed by atoms with Crippen LogP contribution in [0, 0.1) is 0 Å². The summed E-state index contributed by atoms with van der Waals surface area (Å²) in [5, 5.41) is 0. The molecule has 0 atom stereocenters. The SMILES string of the molecule is C=C/C=C\C=C(/C)C1=CCC=C1N. The van der Waals surface area contributed by atoms with Crippen molar-refractivity contribution in [2.75, 3.05) is 0 Å². The molecule has 0 saturated heterocycles. The zero-order valence-electron chi connectivity index (χ0n) is 7.96. The Morgan fingerprint density at radius 1 is 1.46 bits per heavy atom. The molecule has 1 aliphatic rings. The van der Waals surface area contributed by atoms with Gasteiger partial charge >= 0.3 is 0 Å². The Morgan fingerprint density at radius 2 is 2.23 bits per heavy atom. The van der Waals surface area contributed by atoms with E-state index >= 15 is 0 Å². The lowest BCUT2D eigenvalue weighted by Gasteiger charge is -2.02. The molecule has 0 heterocycles. The summed E-state index contributed by atoms with van der Waals surface area (Å²) >= 11 is 0. The van der Waals surface area contributed by atoms with Gasteiger partial charge < -0.3 is 5.73 Å². The fourth-order valence-electron chi connectivity index (χ4n) is 1.29. The van der Waals surface area contributed by atoms with Gasteiger partial charge in [0.2, 0.25) is 0 Å². The molecule has 0 aromatic rings. The van der Waals surface area contributed by atoms with Crippen LogP contribution in [0.3, 0.4) is 0 Å². The Hall–Kier alpha value is -1.50. The van der Waals surface area contributed by atoms with Gasteiger partial charge in [-0.05, 0) is 24.5 Å². The third-order valence-corrected chi connectivity index (χ3v) is 1.99. The van der Waals surface area contributed by atoms with Gasteiger partial charge in [0, 0.05) is 5.70 Å². The smallest absolute Gasteiger partial charge is 0.0349 e. The molecular weight excluding hydrogens is 158 g/mol. The molecule has 1 aliphatic carbocycles. The largest absolute Gasteiger partial charge is 0.398 e. The van der Waals surface area contributed by atoms with Crippen molar-refractivity contribution in [2.24, 2.45) is 5.73 Å². The van der Waals surface area contributed by atoms with Crippen LogP contribution in [0.15, 0.2) is 59.9 Å². The Morgan fingerprint density at radius 3 is 2.77 bits per heavy atom. The normalized spacial score (nSPS) is 17.5. The molecule has 0 fully saturated rings. The zero-order chi connectivity index (χ0) is 9.68. The van der Waals surface area contributed by atoms with Gasteiger partial charge in [-0.1, -0.05) is 43.0 Å². The molecule has 0 aromatic carbocycles. The summed E-state index contributed by atoms with van der Waals surface area (Å²) in [5.74, 6) is 0. The van der Waals surface area contributed by atoms with Crippen molar-refractivity contribution in [3.05, 3.63) is 59.9 Å². The van der Waals surface area contributed by atoms with Gasteiger partial charge in [-0.2, -0.15) is 0 Å². The molecular formula is C12H15N. The monoisotopic (exact) mass is 173 g/mol. The highest BCUT2D eigenvalue weighted by Gasteiger charge is 2.06. The van der Waals surface area contributed by atoms with Gasteiger partial charge in [-0.15, -0.1) is 0 Å². The molecule has 68 valence electrons. The average Bonchev–Trinajstić information content (AvgIpc) is 2.52. The van der Waals surface area contributed by atoms with E-state index in [0.717, 1.165) is 17.7 Å². The second kappa shape index (κ2) is 4.51. The fourth-order valence-corrected chi connectivity index (χ4v) is 1.29. The molecule has 1 nitrogen and oxygen atoms in total. The summed E-state index contributed by atoms with van der Waals surface area (Å²) in [6, 6.07) is 0. The van der Waals surface area contributed by atoms with Crippen LogP contribution in [0.5, 0.6) is 0 Å². The molecule has 0 unspecified atom stereocenters. The number of rotatable bonds is 3. The molecule has 0 saturated carbocycles. The molecule has 0 aromatic heterocycles. The van der Waals surface area contributed by atoms with Crippen LogP contribution in [0.25, 0.3) is 0 Å². The second-order valence-corrected chi connectivity index (χ2v) is 2.98. The van der Waals surface area contributed by atoms with Crippen LogP contribution in [0.4, 0.5) is 0 Å². The van der Waals surface area contributed by atoms with Gasteiger partial charge in [0.05, 0.1) is 0 Å². The van der Waals surface area contributed by atoms with E-state index in [2.05, 4.69) is 19.6 Å². The molecule has 1 heteroatoms. The highest BCUT2D eigenvalue weighted by molar-refractivity contribution is 5.48. The minimum Gasteiger partial charge on any atom is -0.398 e. The van der Waals surface area contributed by atoms with E-state index < -0.39 is 0 Å². The third-order valence-electron chi connectivity index (χ3n) is 1.99. The van der Waals surface area contributed by atoms with Crippen LogP contribution in [0.2, 0.25) is 0 Å². The van der Waals surface area contributed by atoms with Crippen molar-refractivity contribution in [3.63, 3.8) is 0 Å². The van der Waals surface area contributed by atoms with Crippen LogP contribution >= 0.6 is 0 Å². The van der Waals surface area contributed by atoms with Crippen LogP contribution in [-0.2, 0) is 0 Å². The molecule has 0 radical (unpaired) electrons. The molecule has 0 aliphatic heterocycles. The maximum atomic E-state index is 5.79. The minimum atomic E-state index is 0.890. The predicted octanol–water partition coefficient (Wildman–Crippen LogP) is 2.85. The first kappa shape index (κ1) is 9.59. The lowest BCUT2D eigenvalue weighted by molar-refractivity contribution is 1.30. The van der Waals surface area contributed by atoms with E-state index in [1.165, 1.54) is 5.57 Å². The molecule has 1 rings (SSSR count). The number of hydrogen-bond acceptors (Lipinski definition) is 1. The summed E-state index contributed by atoms with van der Waals surface area (Å²) in [7, 11) is 0. The maximum absolute atomic E-state index is 5.79. The van der Waals surface area contributed by atoms with Crippen LogP contribution in [-0.4, -0.2) is 0 Å². The summed E-state index contributed by atoms with van der Waals surface area (Å²) in [6.07, 6.45) is 12.8. The standard InChI is InChI=1S/C12H15N/c1-3-4-5-7-10(2)11-8-6-9-12(11)13/h3-5,7-9H,1,6,13H2,2H3/b5-4-,10-7+. The van der Waals surface area contributed by atoms with E-state index in [4.69, 9.17) is 5.73 Å². The molecule has 2 N–H and O–H groups in total. The molecule has 0 amide bonds. The molecule has 0 bridgehead atoms. The van der Waals surface area contributed by atoms with E-state index in [0.29, 0.717) is 0 Å². The number of nitrogens with two attached hydrogens (primary N) is 1. The summed E-state index contributed by atoms with van der Waals surface area (Å²) < 4.78 is 0. The lowest BCUT2D eigenvalue weighted by Crippen LogP contribution is -1.98. The Kier molecular flexibility index (Phi) is 3.32. The quantitative estimate of drug-likeness (QED) is 0.652.